The van der Waals surface area contributed by atoms with E-state index in [4.69, 9.17) is 14.2 Å². The fourth-order valence-corrected chi connectivity index (χ4v) is 6.98. The maximum absolute atomic E-state index is 13.7. The summed E-state index contributed by atoms with van der Waals surface area (Å²) in [4.78, 5) is 20.6. The summed E-state index contributed by atoms with van der Waals surface area (Å²) in [5, 5.41) is 23.9. The highest BCUT2D eigenvalue weighted by atomic mass is 79.9. The van der Waals surface area contributed by atoms with Gasteiger partial charge in [0.25, 0.3) is 5.91 Å². The minimum atomic E-state index is -0.830. The molecule has 2 fully saturated rings. The molecule has 4 unspecified atom stereocenters. The van der Waals surface area contributed by atoms with Crippen molar-refractivity contribution in [2.75, 3.05) is 20.3 Å². The van der Waals surface area contributed by atoms with Gasteiger partial charge in [-0.25, -0.2) is 14.3 Å². The molecule has 0 radical (unpaired) electrons. The van der Waals surface area contributed by atoms with E-state index in [0.29, 0.717) is 23.0 Å². The van der Waals surface area contributed by atoms with Crippen LogP contribution >= 0.6 is 27.7 Å². The number of nitrogens with zero attached hydrogens (tertiary/aromatic N) is 7. The molecule has 2 aliphatic rings. The zero-order valence-corrected chi connectivity index (χ0v) is 25.7. The molecule has 3 aromatic rings. The van der Waals surface area contributed by atoms with E-state index < -0.39 is 35.9 Å². The summed E-state index contributed by atoms with van der Waals surface area (Å²) in [6.07, 6.45) is 2.65. The number of rotatable bonds is 7. The zero-order valence-electron chi connectivity index (χ0n) is 23.3. The molecule has 0 spiro atoms. The van der Waals surface area contributed by atoms with Gasteiger partial charge in [-0.3, -0.25) is 4.79 Å². The highest BCUT2D eigenvalue weighted by Crippen LogP contribution is 2.44. The van der Waals surface area contributed by atoms with E-state index in [-0.39, 0.29) is 18.1 Å². The number of carbonyl (C=O) groups is 1. The number of amides is 1. The van der Waals surface area contributed by atoms with E-state index in [1.807, 2.05) is 52.9 Å². The van der Waals surface area contributed by atoms with Crippen LogP contribution in [0.5, 0.6) is 0 Å². The van der Waals surface area contributed by atoms with Crippen LogP contribution in [0.3, 0.4) is 0 Å². The molecule has 12 nitrogen and oxygen atoms in total. The standard InChI is InChI=1S/C26H34BrN7O5S/c1-7-32(26(3,4)5)24(36)19-17(10-15(27)11-28-19)40-25-23(37-6)20(22-21(39-25)16(35)13-38-22)34-12-18(29-31-34)33-9-8-14(2)30-33/h8-12,16,20-23,25,35H,7,13H2,1-6H3/t16?,20?,21?,22-,23?,25-/m1/s1. The van der Waals surface area contributed by atoms with Gasteiger partial charge in [0.2, 0.25) is 0 Å². The summed E-state index contributed by atoms with van der Waals surface area (Å²) in [6.45, 7) is 10.5. The van der Waals surface area contributed by atoms with Crippen molar-refractivity contribution in [2.24, 2.45) is 0 Å². The molecule has 216 valence electrons. The van der Waals surface area contributed by atoms with Gasteiger partial charge in [-0.1, -0.05) is 17.0 Å². The molecule has 0 bridgehead atoms. The highest BCUT2D eigenvalue weighted by molar-refractivity contribution is 9.10. The number of pyridine rings is 1. The van der Waals surface area contributed by atoms with Crippen molar-refractivity contribution in [3.63, 3.8) is 0 Å². The summed E-state index contributed by atoms with van der Waals surface area (Å²) in [5.41, 5.74) is 0.165. The van der Waals surface area contributed by atoms with Gasteiger partial charge in [-0.05, 0) is 62.7 Å². The number of hydrogen-bond acceptors (Lipinski definition) is 10. The van der Waals surface area contributed by atoms with Gasteiger partial charge in [0.1, 0.15) is 41.6 Å². The Morgan fingerprint density at radius 1 is 1.35 bits per heavy atom. The van der Waals surface area contributed by atoms with E-state index in [1.165, 1.54) is 11.8 Å². The maximum Gasteiger partial charge on any atom is 0.274 e. The summed E-state index contributed by atoms with van der Waals surface area (Å²) in [5.74, 6) is 0.364. The van der Waals surface area contributed by atoms with Gasteiger partial charge >= 0.3 is 0 Å². The van der Waals surface area contributed by atoms with Crippen molar-refractivity contribution >= 4 is 33.6 Å². The summed E-state index contributed by atoms with van der Waals surface area (Å²) >= 11 is 4.83. The largest absolute Gasteiger partial charge is 0.388 e. The maximum atomic E-state index is 13.7. The number of ether oxygens (including phenoxy) is 3. The van der Waals surface area contributed by atoms with Gasteiger partial charge in [-0.15, -0.1) is 5.10 Å². The van der Waals surface area contributed by atoms with Gasteiger partial charge in [0.05, 0.1) is 18.5 Å². The van der Waals surface area contributed by atoms with Crippen molar-refractivity contribution in [1.82, 2.24) is 34.7 Å². The second-order valence-corrected chi connectivity index (χ2v) is 12.9. The minimum Gasteiger partial charge on any atom is -0.388 e. The second kappa shape index (κ2) is 11.5. The van der Waals surface area contributed by atoms with Crippen LogP contribution in [0.1, 0.15) is 49.9 Å². The normalized spacial score (nSPS) is 26.6. The molecule has 5 heterocycles. The molecular formula is C26H34BrN7O5S. The topological polar surface area (TPSA) is 130 Å². The van der Waals surface area contributed by atoms with Gasteiger partial charge in [0, 0.05) is 41.0 Å². The van der Waals surface area contributed by atoms with E-state index in [1.54, 1.807) is 33.8 Å². The lowest BCUT2D eigenvalue weighted by molar-refractivity contribution is -0.170. The van der Waals surface area contributed by atoms with Crippen molar-refractivity contribution in [1.29, 1.82) is 0 Å². The molecule has 0 aliphatic carbocycles. The molecule has 6 atom stereocenters. The molecular weight excluding hydrogens is 602 g/mol. The molecule has 1 amide bonds. The number of thioether (sulfide) groups is 1. The molecule has 2 aliphatic heterocycles. The fraction of sp³-hybridized carbons (Fsp3) is 0.577. The SMILES string of the molecule is CCN(C(=O)c1ncc(Br)cc1S[C@H]1OC2C(O)CO[C@@H]2C(n2cc(-n3ccc(C)n3)nn2)C1OC)C(C)(C)C. The van der Waals surface area contributed by atoms with Crippen molar-refractivity contribution in [3.05, 3.63) is 46.6 Å². The summed E-state index contributed by atoms with van der Waals surface area (Å²) in [7, 11) is 1.60. The Labute approximate surface area is 245 Å². The molecule has 2 saturated heterocycles. The van der Waals surface area contributed by atoms with Crippen LogP contribution in [0.2, 0.25) is 0 Å². The van der Waals surface area contributed by atoms with Gasteiger partial charge in [0.15, 0.2) is 5.82 Å². The Morgan fingerprint density at radius 3 is 2.77 bits per heavy atom. The number of fused-ring (bicyclic) bond motifs is 1. The predicted octanol–water partition coefficient (Wildman–Crippen LogP) is 3.02. The first kappa shape index (κ1) is 29.1. The smallest absolute Gasteiger partial charge is 0.274 e. The molecule has 5 rings (SSSR count). The lowest BCUT2D eigenvalue weighted by Gasteiger charge is -2.43. The molecule has 0 aromatic carbocycles. The van der Waals surface area contributed by atoms with E-state index in [2.05, 4.69) is 36.3 Å². The van der Waals surface area contributed by atoms with E-state index >= 15 is 0 Å². The van der Waals surface area contributed by atoms with Crippen molar-refractivity contribution < 1.29 is 24.1 Å². The average molecular weight is 637 g/mol. The van der Waals surface area contributed by atoms with Crippen LogP contribution < -0.4 is 0 Å². The highest BCUT2D eigenvalue weighted by Gasteiger charge is 2.54. The lowest BCUT2D eigenvalue weighted by atomic mass is 9.96. The van der Waals surface area contributed by atoms with Gasteiger partial charge < -0.3 is 24.2 Å². The second-order valence-electron chi connectivity index (χ2n) is 10.8. The number of halogens is 1. The van der Waals surface area contributed by atoms with Crippen molar-refractivity contribution in [2.45, 2.75) is 80.9 Å². The summed E-state index contributed by atoms with van der Waals surface area (Å²) < 4.78 is 22.5. The number of aryl methyl sites for hydroxylation is 1. The third-order valence-corrected chi connectivity index (χ3v) is 8.67. The van der Waals surface area contributed by atoms with Crippen LogP contribution in [0, 0.1) is 6.92 Å². The quantitative estimate of drug-likeness (QED) is 0.413. The minimum absolute atomic E-state index is 0.124. The van der Waals surface area contributed by atoms with Crippen LogP contribution in [-0.4, -0.2) is 101 Å². The number of aliphatic hydroxyl groups is 1. The Kier molecular flexibility index (Phi) is 8.37. The zero-order chi connectivity index (χ0) is 28.8. The Morgan fingerprint density at radius 2 is 2.12 bits per heavy atom. The molecule has 40 heavy (non-hydrogen) atoms. The third-order valence-electron chi connectivity index (χ3n) is 7.06. The van der Waals surface area contributed by atoms with Crippen molar-refractivity contribution in [3.8, 4) is 5.82 Å². The first-order chi connectivity index (χ1) is 19.0. The van der Waals surface area contributed by atoms with E-state index in [0.717, 1.165) is 10.2 Å². The van der Waals surface area contributed by atoms with Gasteiger partial charge in [-0.2, -0.15) is 5.10 Å². The number of carbonyl (C=O) groups excluding carboxylic acids is 1. The number of hydrogen-bond donors (Lipinski definition) is 1. The first-order valence-electron chi connectivity index (χ1n) is 13.1. The van der Waals surface area contributed by atoms with Crippen LogP contribution in [0.15, 0.2) is 40.1 Å². The Balaban J connectivity index is 1.50. The monoisotopic (exact) mass is 635 g/mol. The van der Waals surface area contributed by atoms with E-state index in [9.17, 15) is 9.90 Å². The number of aromatic nitrogens is 6. The third kappa shape index (κ3) is 5.57. The molecule has 3 aromatic heterocycles. The Hall–Kier alpha value is -2.36. The number of aliphatic hydroxyl groups excluding tert-OH is 1. The average Bonchev–Trinajstić information content (AvgIpc) is 3.63. The van der Waals surface area contributed by atoms with Crippen LogP contribution in [0.25, 0.3) is 5.82 Å². The molecule has 1 N–H and O–H groups in total. The summed E-state index contributed by atoms with van der Waals surface area (Å²) in [6, 6.07) is 3.26. The van der Waals surface area contributed by atoms with Crippen LogP contribution in [-0.2, 0) is 14.2 Å². The molecule has 14 heteroatoms. The fourth-order valence-electron chi connectivity index (χ4n) is 5.21. The predicted molar refractivity (Wildman–Crippen MR) is 150 cm³/mol. The first-order valence-corrected chi connectivity index (χ1v) is 14.8. The number of methoxy groups -OCH3 is 1. The molecule has 0 saturated carbocycles. The Bertz CT molecular complexity index is 1360. The lowest BCUT2D eigenvalue weighted by Crippen LogP contribution is -2.55. The van der Waals surface area contributed by atoms with Crippen LogP contribution in [0.4, 0.5) is 0 Å².